The van der Waals surface area contributed by atoms with Gasteiger partial charge in [-0.25, -0.2) is 0 Å². The number of hydrogen-bond acceptors (Lipinski definition) is 4. The summed E-state index contributed by atoms with van der Waals surface area (Å²) in [5, 5.41) is 5.39. The highest BCUT2D eigenvalue weighted by Crippen LogP contribution is 2.26. The lowest BCUT2D eigenvalue weighted by molar-refractivity contribution is -0.115. The van der Waals surface area contributed by atoms with Crippen LogP contribution in [0.1, 0.15) is 31.1 Å². The van der Waals surface area contributed by atoms with Gasteiger partial charge in [-0.1, -0.05) is 12.1 Å². The first-order chi connectivity index (χ1) is 12.4. The summed E-state index contributed by atoms with van der Waals surface area (Å²) in [4.78, 5) is 25.8. The lowest BCUT2D eigenvalue weighted by Gasteiger charge is -2.15. The van der Waals surface area contributed by atoms with Crippen molar-refractivity contribution in [2.24, 2.45) is 0 Å². The SMILES string of the molecule is COc1ccc(S[C@@H](C)C(=O)Nc2ccccc2C(=O)NC(C)C)cc1. The molecule has 2 amide bonds. The van der Waals surface area contributed by atoms with Gasteiger partial charge >= 0.3 is 0 Å². The van der Waals surface area contributed by atoms with Crippen molar-refractivity contribution in [2.45, 2.75) is 37.0 Å². The van der Waals surface area contributed by atoms with Crippen molar-refractivity contribution in [3.05, 3.63) is 54.1 Å². The minimum absolute atomic E-state index is 0.0239. The summed E-state index contributed by atoms with van der Waals surface area (Å²) < 4.78 is 5.14. The first-order valence-corrected chi connectivity index (χ1v) is 9.30. The highest BCUT2D eigenvalue weighted by atomic mass is 32.2. The van der Waals surface area contributed by atoms with Crippen LogP contribution in [0.5, 0.6) is 5.75 Å². The van der Waals surface area contributed by atoms with Gasteiger partial charge in [0.05, 0.1) is 23.6 Å². The molecule has 0 fully saturated rings. The molecule has 2 N–H and O–H groups in total. The number of rotatable bonds is 7. The van der Waals surface area contributed by atoms with Gasteiger partial charge in [-0.05, 0) is 57.2 Å². The van der Waals surface area contributed by atoms with Gasteiger partial charge in [0.1, 0.15) is 5.75 Å². The number of para-hydroxylation sites is 1. The minimum Gasteiger partial charge on any atom is -0.497 e. The summed E-state index contributed by atoms with van der Waals surface area (Å²) in [7, 11) is 1.62. The van der Waals surface area contributed by atoms with Crippen LogP contribution in [0.15, 0.2) is 53.4 Å². The maximum Gasteiger partial charge on any atom is 0.253 e. The third-order valence-electron chi connectivity index (χ3n) is 3.59. The zero-order chi connectivity index (χ0) is 19.1. The number of thioether (sulfide) groups is 1. The number of anilines is 1. The Kier molecular flexibility index (Phi) is 7.09. The molecule has 0 saturated carbocycles. The predicted molar refractivity (Wildman–Crippen MR) is 106 cm³/mol. The standard InChI is InChI=1S/C20H24N2O3S/c1-13(2)21-20(24)17-7-5-6-8-18(17)22-19(23)14(3)26-16-11-9-15(25-4)10-12-16/h5-14H,1-4H3,(H,21,24)(H,22,23)/t14-/m0/s1. The smallest absolute Gasteiger partial charge is 0.253 e. The molecule has 2 aromatic carbocycles. The number of nitrogens with one attached hydrogen (secondary N) is 2. The van der Waals surface area contributed by atoms with Gasteiger partial charge in [0.2, 0.25) is 5.91 Å². The van der Waals surface area contributed by atoms with Crippen molar-refractivity contribution in [3.63, 3.8) is 0 Å². The molecule has 0 radical (unpaired) electrons. The number of carbonyl (C=O) groups excluding carboxylic acids is 2. The first kappa shape index (κ1) is 19.8. The Balaban J connectivity index is 2.05. The van der Waals surface area contributed by atoms with Crippen LogP contribution in [-0.2, 0) is 4.79 Å². The molecule has 0 spiro atoms. The van der Waals surface area contributed by atoms with Crippen LogP contribution in [-0.4, -0.2) is 30.2 Å². The molecule has 1 atom stereocenters. The Morgan fingerprint density at radius 3 is 2.27 bits per heavy atom. The second-order valence-electron chi connectivity index (χ2n) is 6.10. The van der Waals surface area contributed by atoms with Gasteiger partial charge in [-0.3, -0.25) is 9.59 Å². The van der Waals surface area contributed by atoms with Gasteiger partial charge in [0, 0.05) is 10.9 Å². The van der Waals surface area contributed by atoms with E-state index in [4.69, 9.17) is 4.74 Å². The Hall–Kier alpha value is -2.47. The third-order valence-corrected chi connectivity index (χ3v) is 4.70. The highest BCUT2D eigenvalue weighted by molar-refractivity contribution is 8.00. The van der Waals surface area contributed by atoms with Gasteiger partial charge in [-0.2, -0.15) is 0 Å². The molecule has 0 aromatic heterocycles. The molecule has 5 nitrogen and oxygen atoms in total. The van der Waals surface area contributed by atoms with E-state index in [0.717, 1.165) is 10.6 Å². The molecule has 138 valence electrons. The monoisotopic (exact) mass is 372 g/mol. The van der Waals surface area contributed by atoms with E-state index in [2.05, 4.69) is 10.6 Å². The van der Waals surface area contributed by atoms with Gasteiger partial charge in [0.25, 0.3) is 5.91 Å². The molecule has 2 rings (SSSR count). The van der Waals surface area contributed by atoms with E-state index in [-0.39, 0.29) is 23.1 Å². The average Bonchev–Trinajstić information content (AvgIpc) is 2.62. The molecule has 0 heterocycles. The Bertz CT molecular complexity index is 760. The van der Waals surface area contributed by atoms with E-state index in [1.54, 1.807) is 31.4 Å². The van der Waals surface area contributed by atoms with Crippen molar-refractivity contribution >= 4 is 29.3 Å². The van der Waals surface area contributed by atoms with Crippen LogP contribution in [0, 0.1) is 0 Å². The fraction of sp³-hybridized carbons (Fsp3) is 0.300. The zero-order valence-electron chi connectivity index (χ0n) is 15.4. The zero-order valence-corrected chi connectivity index (χ0v) is 16.2. The Morgan fingerprint density at radius 2 is 1.65 bits per heavy atom. The summed E-state index contributed by atoms with van der Waals surface area (Å²) in [6.07, 6.45) is 0. The van der Waals surface area contributed by atoms with Gasteiger partial charge in [0.15, 0.2) is 0 Å². The molecular formula is C20H24N2O3S. The topological polar surface area (TPSA) is 67.4 Å². The van der Waals surface area contributed by atoms with E-state index in [0.29, 0.717) is 11.3 Å². The van der Waals surface area contributed by atoms with Crippen LogP contribution in [0.2, 0.25) is 0 Å². The maximum atomic E-state index is 12.5. The lowest BCUT2D eigenvalue weighted by atomic mass is 10.1. The Morgan fingerprint density at radius 1 is 1.00 bits per heavy atom. The molecule has 0 bridgehead atoms. The van der Waals surface area contributed by atoms with E-state index < -0.39 is 0 Å². The molecule has 0 unspecified atom stereocenters. The number of carbonyl (C=O) groups is 2. The van der Waals surface area contributed by atoms with Gasteiger partial charge in [-0.15, -0.1) is 11.8 Å². The third kappa shape index (κ3) is 5.52. The average molecular weight is 372 g/mol. The normalized spacial score (nSPS) is 11.7. The number of methoxy groups -OCH3 is 1. The molecule has 0 aliphatic carbocycles. The van der Waals surface area contributed by atoms with E-state index >= 15 is 0 Å². The van der Waals surface area contributed by atoms with Crippen LogP contribution in [0.4, 0.5) is 5.69 Å². The molecular weight excluding hydrogens is 348 g/mol. The number of hydrogen-bond donors (Lipinski definition) is 2. The number of benzene rings is 2. The van der Waals surface area contributed by atoms with E-state index in [1.165, 1.54) is 11.8 Å². The fourth-order valence-electron chi connectivity index (χ4n) is 2.28. The van der Waals surface area contributed by atoms with Crippen molar-refractivity contribution in [3.8, 4) is 5.75 Å². The predicted octanol–water partition coefficient (Wildman–Crippen LogP) is 3.95. The van der Waals surface area contributed by atoms with Crippen molar-refractivity contribution in [1.29, 1.82) is 0 Å². The van der Waals surface area contributed by atoms with Crippen LogP contribution < -0.4 is 15.4 Å². The molecule has 0 aliphatic heterocycles. The number of amides is 2. The molecule has 0 saturated heterocycles. The van der Waals surface area contributed by atoms with Gasteiger partial charge < -0.3 is 15.4 Å². The van der Waals surface area contributed by atoms with E-state index in [1.807, 2.05) is 45.0 Å². The summed E-state index contributed by atoms with van der Waals surface area (Å²) in [5.74, 6) is 0.415. The van der Waals surface area contributed by atoms with Crippen molar-refractivity contribution < 1.29 is 14.3 Å². The summed E-state index contributed by atoms with van der Waals surface area (Å²) in [6, 6.07) is 14.6. The minimum atomic E-state index is -0.315. The largest absolute Gasteiger partial charge is 0.497 e. The maximum absolute atomic E-state index is 12.5. The molecule has 0 aliphatic rings. The lowest BCUT2D eigenvalue weighted by Crippen LogP contribution is -2.31. The molecule has 6 heteroatoms. The van der Waals surface area contributed by atoms with Crippen molar-refractivity contribution in [2.75, 3.05) is 12.4 Å². The highest BCUT2D eigenvalue weighted by Gasteiger charge is 2.18. The first-order valence-electron chi connectivity index (χ1n) is 8.42. The summed E-state index contributed by atoms with van der Waals surface area (Å²) in [6.45, 7) is 5.63. The van der Waals surface area contributed by atoms with Crippen LogP contribution >= 0.6 is 11.8 Å². The molecule has 2 aromatic rings. The van der Waals surface area contributed by atoms with Crippen LogP contribution in [0.3, 0.4) is 0 Å². The quantitative estimate of drug-likeness (QED) is 0.722. The van der Waals surface area contributed by atoms with E-state index in [9.17, 15) is 9.59 Å². The number of ether oxygens (including phenoxy) is 1. The van der Waals surface area contributed by atoms with Crippen LogP contribution in [0.25, 0.3) is 0 Å². The second kappa shape index (κ2) is 9.29. The molecule has 26 heavy (non-hydrogen) atoms. The Labute approximate surface area is 158 Å². The fourth-order valence-corrected chi connectivity index (χ4v) is 3.14. The second-order valence-corrected chi connectivity index (χ2v) is 7.51. The summed E-state index contributed by atoms with van der Waals surface area (Å²) >= 11 is 1.45. The summed E-state index contributed by atoms with van der Waals surface area (Å²) in [5.41, 5.74) is 0.967. The van der Waals surface area contributed by atoms with Crippen molar-refractivity contribution in [1.82, 2.24) is 5.32 Å².